The molecule has 0 aliphatic carbocycles. The number of anilines is 3. The number of alkyl halides is 3. The van der Waals surface area contributed by atoms with Gasteiger partial charge in [0.1, 0.15) is 24.7 Å². The Morgan fingerprint density at radius 3 is 2.59 bits per heavy atom. The van der Waals surface area contributed by atoms with E-state index in [-0.39, 0.29) is 41.9 Å². The molecule has 198 valence electrons. The number of hydrogen-bond acceptors (Lipinski definition) is 8. The third-order valence-corrected chi connectivity index (χ3v) is 6.12. The van der Waals surface area contributed by atoms with Crippen molar-refractivity contribution in [2.75, 3.05) is 56.7 Å². The van der Waals surface area contributed by atoms with Crippen LogP contribution in [0.2, 0.25) is 0 Å². The summed E-state index contributed by atoms with van der Waals surface area (Å²) in [5.41, 5.74) is -0.0172. The fourth-order valence-corrected chi connectivity index (χ4v) is 4.28. The second-order valence-corrected chi connectivity index (χ2v) is 8.65. The largest absolute Gasteiger partial charge is 0.485 e. The van der Waals surface area contributed by atoms with Crippen molar-refractivity contribution in [2.45, 2.75) is 25.9 Å². The van der Waals surface area contributed by atoms with Crippen LogP contribution in [0.1, 0.15) is 35.7 Å². The number of fused-ring (bicyclic) bond motifs is 2. The highest BCUT2D eigenvalue weighted by Crippen LogP contribution is 2.43. The number of morpholine rings is 1. The summed E-state index contributed by atoms with van der Waals surface area (Å²) in [4.78, 5) is 26.1. The molecule has 37 heavy (non-hydrogen) atoms. The van der Waals surface area contributed by atoms with E-state index in [1.165, 1.54) is 0 Å². The number of nitrogens with zero attached hydrogens (tertiary/aromatic N) is 3. The highest BCUT2D eigenvalue weighted by molar-refractivity contribution is 5.99. The highest BCUT2D eigenvalue weighted by atomic mass is 19.4. The van der Waals surface area contributed by atoms with Gasteiger partial charge in [-0.1, -0.05) is 13.3 Å². The normalized spacial score (nSPS) is 15.6. The van der Waals surface area contributed by atoms with E-state index >= 15 is 0 Å². The van der Waals surface area contributed by atoms with Crippen LogP contribution in [0, 0.1) is 0 Å². The highest BCUT2D eigenvalue weighted by Gasteiger charge is 2.36. The van der Waals surface area contributed by atoms with Crippen LogP contribution in [-0.4, -0.2) is 71.8 Å². The number of carbonyl (C=O) groups is 1. The monoisotopic (exact) mass is 520 g/mol. The maximum Gasteiger partial charge on any atom is 0.418 e. The quantitative estimate of drug-likeness (QED) is 0.398. The fraction of sp³-hybridized carbons (Fsp3) is 0.458. The molecule has 2 aliphatic heterocycles. The Hall–Kier alpha value is -3.74. The first kappa shape index (κ1) is 24.9. The summed E-state index contributed by atoms with van der Waals surface area (Å²) in [7, 11) is 0. The van der Waals surface area contributed by atoms with E-state index in [1.807, 2.05) is 6.92 Å². The van der Waals surface area contributed by atoms with Crippen LogP contribution >= 0.6 is 0 Å². The van der Waals surface area contributed by atoms with Crippen LogP contribution in [0.3, 0.4) is 0 Å². The van der Waals surface area contributed by atoms with E-state index in [2.05, 4.69) is 25.6 Å². The van der Waals surface area contributed by atoms with Crippen LogP contribution in [-0.2, 0) is 10.9 Å². The summed E-state index contributed by atoms with van der Waals surface area (Å²) in [6.45, 7) is 4.87. The Morgan fingerprint density at radius 1 is 1.11 bits per heavy atom. The second kappa shape index (κ2) is 10.3. The van der Waals surface area contributed by atoms with Crippen molar-refractivity contribution in [3.05, 3.63) is 29.5 Å². The van der Waals surface area contributed by atoms with Gasteiger partial charge in [0.05, 0.1) is 35.4 Å². The number of aromatic nitrogens is 3. The van der Waals surface area contributed by atoms with Gasteiger partial charge < -0.3 is 34.7 Å². The number of unbranched alkanes of at least 4 members (excludes halogenated alkanes) is 1. The Morgan fingerprint density at radius 2 is 1.86 bits per heavy atom. The number of nitrogens with one attached hydrogen (secondary N) is 3. The standard InChI is InChI=1S/C24H27F3N6O4/c1-2-3-6-28-20-17-15(24(25,26)27)13-29-21(17)32-23(31-20)30-16-5-4-14(18-19(16)37-12-11-36-18)22(34)33-7-9-35-10-8-33/h4-5,13H,2-3,6-12H2,1H3,(H3,28,29,30,31,32). The van der Waals surface area contributed by atoms with Gasteiger partial charge in [0.2, 0.25) is 5.95 Å². The van der Waals surface area contributed by atoms with Crippen LogP contribution in [0.4, 0.5) is 30.6 Å². The Labute approximate surface area is 210 Å². The number of hydrogen-bond donors (Lipinski definition) is 3. The molecule has 0 radical (unpaired) electrons. The number of H-pyrrole nitrogens is 1. The van der Waals surface area contributed by atoms with E-state index in [0.29, 0.717) is 55.6 Å². The zero-order valence-electron chi connectivity index (χ0n) is 20.2. The van der Waals surface area contributed by atoms with E-state index < -0.39 is 11.7 Å². The predicted molar refractivity (Wildman–Crippen MR) is 130 cm³/mol. The molecule has 1 amide bonds. The second-order valence-electron chi connectivity index (χ2n) is 8.65. The van der Waals surface area contributed by atoms with Crippen LogP contribution in [0.5, 0.6) is 11.5 Å². The summed E-state index contributed by atoms with van der Waals surface area (Å²) < 4.78 is 57.8. The van der Waals surface area contributed by atoms with Crippen LogP contribution in [0.15, 0.2) is 18.3 Å². The smallest absolute Gasteiger partial charge is 0.418 e. The van der Waals surface area contributed by atoms with Crippen molar-refractivity contribution in [3.8, 4) is 11.5 Å². The van der Waals surface area contributed by atoms with Gasteiger partial charge in [-0.05, 0) is 18.6 Å². The van der Waals surface area contributed by atoms with Crippen LogP contribution < -0.4 is 20.1 Å². The lowest BCUT2D eigenvalue weighted by Gasteiger charge is -2.29. The lowest BCUT2D eigenvalue weighted by Crippen LogP contribution is -2.41. The van der Waals surface area contributed by atoms with E-state index in [9.17, 15) is 18.0 Å². The minimum atomic E-state index is -4.56. The van der Waals surface area contributed by atoms with Gasteiger partial charge in [-0.2, -0.15) is 23.1 Å². The van der Waals surface area contributed by atoms with Crippen molar-refractivity contribution in [2.24, 2.45) is 0 Å². The average Bonchev–Trinajstić information content (AvgIpc) is 3.34. The predicted octanol–water partition coefficient (Wildman–Crippen LogP) is 4.18. The van der Waals surface area contributed by atoms with E-state index in [1.54, 1.807) is 17.0 Å². The molecule has 0 unspecified atom stereocenters. The first-order valence-electron chi connectivity index (χ1n) is 12.1. The first-order valence-corrected chi connectivity index (χ1v) is 12.1. The molecular weight excluding hydrogens is 493 g/mol. The third-order valence-electron chi connectivity index (χ3n) is 6.12. The molecule has 13 heteroatoms. The van der Waals surface area contributed by atoms with Crippen molar-refractivity contribution in [3.63, 3.8) is 0 Å². The van der Waals surface area contributed by atoms with Crippen molar-refractivity contribution >= 4 is 34.4 Å². The summed E-state index contributed by atoms with van der Waals surface area (Å²) in [6.07, 6.45) is -2.05. The maximum absolute atomic E-state index is 13.6. The molecular formula is C24H27F3N6O4. The molecule has 4 heterocycles. The third kappa shape index (κ3) is 5.08. The van der Waals surface area contributed by atoms with E-state index in [4.69, 9.17) is 14.2 Å². The number of benzene rings is 1. The Kier molecular flexibility index (Phi) is 6.96. The Bertz CT molecular complexity index is 1290. The molecule has 1 aromatic carbocycles. The van der Waals surface area contributed by atoms with Gasteiger partial charge in [0, 0.05) is 25.8 Å². The lowest BCUT2D eigenvalue weighted by atomic mass is 10.1. The molecule has 2 aliphatic rings. The van der Waals surface area contributed by atoms with Crippen LogP contribution in [0.25, 0.3) is 11.0 Å². The SMILES string of the molecule is CCCCNc1nc(Nc2ccc(C(=O)N3CCOCC3)c3c2OCCO3)nc2[nH]cc(C(F)(F)F)c12. The topological polar surface area (TPSA) is 114 Å². The maximum atomic E-state index is 13.6. The van der Waals surface area contributed by atoms with Crippen molar-refractivity contribution in [1.82, 2.24) is 19.9 Å². The molecule has 0 saturated carbocycles. The van der Waals surface area contributed by atoms with Gasteiger partial charge in [0.15, 0.2) is 11.5 Å². The number of amides is 1. The van der Waals surface area contributed by atoms with Crippen molar-refractivity contribution in [1.29, 1.82) is 0 Å². The molecule has 0 atom stereocenters. The van der Waals surface area contributed by atoms with E-state index in [0.717, 1.165) is 19.0 Å². The van der Waals surface area contributed by atoms with Gasteiger partial charge in [-0.25, -0.2) is 0 Å². The van der Waals surface area contributed by atoms with Gasteiger partial charge >= 0.3 is 6.18 Å². The molecule has 5 rings (SSSR count). The molecule has 3 N–H and O–H groups in total. The summed E-state index contributed by atoms with van der Waals surface area (Å²) in [5.74, 6) is 0.555. The molecule has 0 spiro atoms. The zero-order chi connectivity index (χ0) is 26.0. The minimum absolute atomic E-state index is 0.0361. The molecule has 0 bridgehead atoms. The van der Waals surface area contributed by atoms with Gasteiger partial charge in [-0.3, -0.25) is 4.79 Å². The summed E-state index contributed by atoms with van der Waals surface area (Å²) in [6, 6.07) is 3.28. The minimum Gasteiger partial charge on any atom is -0.485 e. The number of ether oxygens (including phenoxy) is 3. The molecule has 2 aromatic heterocycles. The summed E-state index contributed by atoms with van der Waals surface area (Å²) in [5, 5.41) is 5.92. The fourth-order valence-electron chi connectivity index (χ4n) is 4.28. The average molecular weight is 521 g/mol. The molecule has 1 saturated heterocycles. The zero-order valence-corrected chi connectivity index (χ0v) is 20.2. The lowest BCUT2D eigenvalue weighted by molar-refractivity contribution is -0.136. The molecule has 3 aromatic rings. The first-order chi connectivity index (χ1) is 17.9. The number of rotatable bonds is 7. The Balaban J connectivity index is 1.50. The molecule has 1 fully saturated rings. The molecule has 10 nitrogen and oxygen atoms in total. The number of halogens is 3. The van der Waals surface area contributed by atoms with Gasteiger partial charge in [-0.15, -0.1) is 0 Å². The number of aromatic amines is 1. The summed E-state index contributed by atoms with van der Waals surface area (Å²) >= 11 is 0. The number of carbonyl (C=O) groups excluding carboxylic acids is 1. The van der Waals surface area contributed by atoms with Gasteiger partial charge in [0.25, 0.3) is 5.91 Å². The van der Waals surface area contributed by atoms with Crippen molar-refractivity contribution < 1.29 is 32.2 Å².